The summed E-state index contributed by atoms with van der Waals surface area (Å²) in [6, 6.07) is 12.6. The van der Waals surface area contributed by atoms with Gasteiger partial charge in [-0.15, -0.1) is 0 Å². The van der Waals surface area contributed by atoms with E-state index in [9.17, 15) is 8.42 Å². The summed E-state index contributed by atoms with van der Waals surface area (Å²) in [5.74, 6) is 2.03. The summed E-state index contributed by atoms with van der Waals surface area (Å²) in [6.07, 6.45) is 0.769. The molecule has 8 nitrogen and oxygen atoms in total. The van der Waals surface area contributed by atoms with Crippen LogP contribution in [0.25, 0.3) is 0 Å². The Kier molecular flexibility index (Phi) is 9.61. The molecule has 9 heteroatoms. The van der Waals surface area contributed by atoms with Crippen molar-refractivity contribution in [3.05, 3.63) is 53.6 Å². The van der Waals surface area contributed by atoms with Gasteiger partial charge in [-0.1, -0.05) is 23.8 Å². The van der Waals surface area contributed by atoms with Gasteiger partial charge in [-0.05, 0) is 50.1 Å². The number of hydrogen-bond acceptors (Lipinski definition) is 5. The molecule has 0 saturated carbocycles. The molecule has 0 bridgehead atoms. The number of aliphatic imine (C=N–C) groups is 1. The highest BCUT2D eigenvalue weighted by molar-refractivity contribution is 7.89. The Morgan fingerprint density at radius 1 is 0.968 bits per heavy atom. The summed E-state index contributed by atoms with van der Waals surface area (Å²) in [5.41, 5.74) is 2.12. The normalized spacial score (nSPS) is 11.8. The van der Waals surface area contributed by atoms with Gasteiger partial charge >= 0.3 is 0 Å². The molecule has 0 unspecified atom stereocenters. The number of guanidine groups is 1. The van der Waals surface area contributed by atoms with Gasteiger partial charge in [-0.25, -0.2) is 13.1 Å². The highest BCUT2D eigenvalue weighted by Crippen LogP contribution is 2.27. The molecule has 3 N–H and O–H groups in total. The molecule has 0 radical (unpaired) electrons. The molecule has 0 amide bonds. The van der Waals surface area contributed by atoms with E-state index in [0.29, 0.717) is 37.1 Å². The average Bonchev–Trinajstić information content (AvgIpc) is 2.76. The number of methoxy groups -OCH3 is 2. The average molecular weight is 449 g/mol. The second-order valence-corrected chi connectivity index (χ2v) is 8.60. The molecule has 170 valence electrons. The van der Waals surface area contributed by atoms with Gasteiger partial charge in [0.15, 0.2) is 17.5 Å². The Labute approximate surface area is 185 Å². The second-order valence-electron chi connectivity index (χ2n) is 6.84. The van der Waals surface area contributed by atoms with E-state index in [1.807, 2.05) is 32.0 Å². The van der Waals surface area contributed by atoms with Crippen LogP contribution in [0.2, 0.25) is 0 Å². The van der Waals surface area contributed by atoms with Gasteiger partial charge in [0.1, 0.15) is 0 Å². The lowest BCUT2D eigenvalue weighted by Crippen LogP contribution is -2.39. The van der Waals surface area contributed by atoms with Gasteiger partial charge in [0.05, 0.1) is 25.7 Å². The van der Waals surface area contributed by atoms with Crippen molar-refractivity contribution >= 4 is 16.0 Å². The number of benzene rings is 2. The molecule has 0 aromatic heterocycles. The van der Waals surface area contributed by atoms with E-state index in [4.69, 9.17) is 9.47 Å². The van der Waals surface area contributed by atoms with Gasteiger partial charge in [-0.2, -0.15) is 0 Å². The lowest BCUT2D eigenvalue weighted by molar-refractivity contribution is 0.354. The molecule has 31 heavy (non-hydrogen) atoms. The third-order valence-corrected chi connectivity index (χ3v) is 5.98. The Morgan fingerprint density at radius 2 is 1.68 bits per heavy atom. The van der Waals surface area contributed by atoms with Crippen LogP contribution in [-0.4, -0.2) is 54.8 Å². The molecule has 0 spiro atoms. The van der Waals surface area contributed by atoms with E-state index in [0.717, 1.165) is 17.5 Å². The van der Waals surface area contributed by atoms with E-state index in [1.54, 1.807) is 38.5 Å². The number of nitrogens with one attached hydrogen (secondary N) is 3. The van der Waals surface area contributed by atoms with Crippen molar-refractivity contribution in [3.63, 3.8) is 0 Å². The lowest BCUT2D eigenvalue weighted by atomic mass is 10.1. The highest BCUT2D eigenvalue weighted by atomic mass is 32.2. The van der Waals surface area contributed by atoms with Crippen molar-refractivity contribution in [1.29, 1.82) is 0 Å². The van der Waals surface area contributed by atoms with E-state index in [-0.39, 0.29) is 11.4 Å². The van der Waals surface area contributed by atoms with Crippen molar-refractivity contribution in [2.45, 2.75) is 25.2 Å². The molecule has 0 fully saturated rings. The fraction of sp³-hybridized carbons (Fsp3) is 0.409. The first kappa shape index (κ1) is 24.5. The Balaban J connectivity index is 1.85. The maximum atomic E-state index is 12.3. The number of aryl methyl sites for hydroxylation is 1. The van der Waals surface area contributed by atoms with E-state index in [2.05, 4.69) is 20.3 Å². The molecule has 2 aromatic rings. The molecule has 2 aromatic carbocycles. The summed E-state index contributed by atoms with van der Waals surface area (Å²) >= 11 is 0. The summed E-state index contributed by atoms with van der Waals surface area (Å²) in [4.78, 5) is 4.69. The molecule has 0 atom stereocenters. The van der Waals surface area contributed by atoms with Crippen LogP contribution in [0.1, 0.15) is 18.1 Å². The number of ether oxygens (including phenoxy) is 2. The van der Waals surface area contributed by atoms with Gasteiger partial charge < -0.3 is 20.1 Å². The molecule has 2 rings (SSSR count). The SMILES string of the molecule is CCNC(=NCCNS(=O)(=O)c1ccc(C)cc1)NCCc1ccc(OC)c(OC)c1. The third-order valence-electron chi connectivity index (χ3n) is 4.50. The fourth-order valence-corrected chi connectivity index (χ4v) is 3.87. The topological polar surface area (TPSA) is 101 Å². The highest BCUT2D eigenvalue weighted by Gasteiger charge is 2.12. The summed E-state index contributed by atoms with van der Waals surface area (Å²) in [7, 11) is -0.311. The third kappa shape index (κ3) is 7.76. The van der Waals surface area contributed by atoms with Crippen LogP contribution in [0.4, 0.5) is 0 Å². The van der Waals surface area contributed by atoms with Crippen LogP contribution in [0.5, 0.6) is 11.5 Å². The van der Waals surface area contributed by atoms with Gasteiger partial charge in [0, 0.05) is 19.6 Å². The minimum atomic E-state index is -3.53. The first-order chi connectivity index (χ1) is 14.9. The number of nitrogens with zero attached hydrogens (tertiary/aromatic N) is 1. The zero-order valence-electron chi connectivity index (χ0n) is 18.6. The van der Waals surface area contributed by atoms with Crippen LogP contribution in [0.15, 0.2) is 52.4 Å². The summed E-state index contributed by atoms with van der Waals surface area (Å²) in [6.45, 7) is 5.79. The molecular weight excluding hydrogens is 416 g/mol. The van der Waals surface area contributed by atoms with Crippen molar-refractivity contribution in [2.24, 2.45) is 4.99 Å². The minimum Gasteiger partial charge on any atom is -0.493 e. The Morgan fingerprint density at radius 3 is 2.32 bits per heavy atom. The van der Waals surface area contributed by atoms with Crippen molar-refractivity contribution in [2.75, 3.05) is 40.4 Å². The Bertz CT molecular complexity index is 960. The van der Waals surface area contributed by atoms with Crippen molar-refractivity contribution in [3.8, 4) is 11.5 Å². The second kappa shape index (κ2) is 12.2. The monoisotopic (exact) mass is 448 g/mol. The van der Waals surface area contributed by atoms with E-state index in [1.165, 1.54) is 0 Å². The standard InChI is InChI=1S/C22H32N4O4S/c1-5-23-22(24-13-12-18-8-11-20(29-3)21(16-18)30-4)25-14-15-26-31(27,28)19-9-6-17(2)7-10-19/h6-11,16,26H,5,12-15H2,1-4H3,(H2,23,24,25). The predicted octanol–water partition coefficient (Wildman–Crippen LogP) is 2.09. The molecule has 0 aliphatic heterocycles. The van der Waals surface area contributed by atoms with Gasteiger partial charge in [0.2, 0.25) is 10.0 Å². The van der Waals surface area contributed by atoms with E-state index < -0.39 is 10.0 Å². The maximum absolute atomic E-state index is 12.3. The molecular formula is C22H32N4O4S. The van der Waals surface area contributed by atoms with Crippen LogP contribution in [0.3, 0.4) is 0 Å². The molecule has 0 aliphatic carbocycles. The zero-order valence-corrected chi connectivity index (χ0v) is 19.4. The smallest absolute Gasteiger partial charge is 0.240 e. The quantitative estimate of drug-likeness (QED) is 0.276. The number of rotatable bonds is 11. The largest absolute Gasteiger partial charge is 0.493 e. The maximum Gasteiger partial charge on any atom is 0.240 e. The molecule has 0 heterocycles. The molecule has 0 aliphatic rings. The predicted molar refractivity (Wildman–Crippen MR) is 124 cm³/mol. The first-order valence-electron chi connectivity index (χ1n) is 10.2. The lowest BCUT2D eigenvalue weighted by Gasteiger charge is -2.13. The summed E-state index contributed by atoms with van der Waals surface area (Å²) in [5, 5.41) is 6.42. The van der Waals surface area contributed by atoms with Crippen molar-refractivity contribution in [1.82, 2.24) is 15.4 Å². The minimum absolute atomic E-state index is 0.211. The summed E-state index contributed by atoms with van der Waals surface area (Å²) < 4.78 is 37.8. The zero-order chi connectivity index (χ0) is 22.7. The van der Waals surface area contributed by atoms with Crippen LogP contribution < -0.4 is 24.8 Å². The fourth-order valence-electron chi connectivity index (χ4n) is 2.85. The van der Waals surface area contributed by atoms with Gasteiger partial charge in [0.25, 0.3) is 0 Å². The van der Waals surface area contributed by atoms with Crippen molar-refractivity contribution < 1.29 is 17.9 Å². The van der Waals surface area contributed by atoms with Crippen LogP contribution >= 0.6 is 0 Å². The van der Waals surface area contributed by atoms with E-state index >= 15 is 0 Å². The van der Waals surface area contributed by atoms with Crippen LogP contribution in [-0.2, 0) is 16.4 Å². The molecule has 0 saturated heterocycles. The van der Waals surface area contributed by atoms with Gasteiger partial charge in [-0.3, -0.25) is 4.99 Å². The first-order valence-corrected chi connectivity index (χ1v) is 11.7. The number of hydrogen-bond donors (Lipinski definition) is 3. The number of sulfonamides is 1. The van der Waals surface area contributed by atoms with Crippen LogP contribution in [0, 0.1) is 6.92 Å². The Hall–Kier alpha value is -2.78.